The Bertz CT molecular complexity index is 739. The van der Waals surface area contributed by atoms with Gasteiger partial charge in [-0.15, -0.1) is 13.2 Å². The zero-order valence-electron chi connectivity index (χ0n) is 14.4. The Hall–Kier alpha value is -2.76. The van der Waals surface area contributed by atoms with Crippen LogP contribution in [-0.2, 0) is 4.74 Å². The summed E-state index contributed by atoms with van der Waals surface area (Å²) in [5, 5.41) is 9.38. The third-order valence-electron chi connectivity index (χ3n) is 3.57. The van der Waals surface area contributed by atoms with E-state index < -0.39 is 35.0 Å². The number of alkyl halides is 3. The summed E-state index contributed by atoms with van der Waals surface area (Å²) in [7, 11) is 0. The summed E-state index contributed by atoms with van der Waals surface area (Å²) in [6, 6.07) is 6.20. The van der Waals surface area contributed by atoms with Crippen LogP contribution in [0.4, 0.5) is 18.0 Å². The van der Waals surface area contributed by atoms with Gasteiger partial charge in [0.2, 0.25) is 0 Å². The maximum Gasteiger partial charge on any atom is 0.573 e. The van der Waals surface area contributed by atoms with Gasteiger partial charge in [-0.25, -0.2) is 4.79 Å². The van der Waals surface area contributed by atoms with Crippen LogP contribution >= 0.6 is 0 Å². The Morgan fingerprint density at radius 2 is 1.69 bits per heavy atom. The number of Topliss-reactive ketones (excluding diaryl/α,β-unsaturated/α-hetero) is 1. The van der Waals surface area contributed by atoms with Gasteiger partial charge in [0.15, 0.2) is 11.2 Å². The van der Waals surface area contributed by atoms with Crippen LogP contribution < -0.4 is 4.74 Å². The monoisotopic (exact) mass is 370 g/mol. The van der Waals surface area contributed by atoms with Crippen LogP contribution in [0.5, 0.6) is 5.75 Å². The largest absolute Gasteiger partial charge is 0.573 e. The molecule has 0 bridgehead atoms. The molecule has 140 valence electrons. The molecule has 9 heteroatoms. The molecule has 0 unspecified atom stereocenters. The SMILES string of the molecule is CC(C)(C)OC(=O)N1CC(C#N)(C(=O)c2ccc(OC(F)(F)F)cc2)C1. The molecule has 26 heavy (non-hydrogen) atoms. The smallest absolute Gasteiger partial charge is 0.444 e. The predicted octanol–water partition coefficient (Wildman–Crippen LogP) is 3.53. The van der Waals surface area contributed by atoms with E-state index in [4.69, 9.17) is 4.74 Å². The molecule has 0 saturated carbocycles. The van der Waals surface area contributed by atoms with Crippen molar-refractivity contribution in [1.82, 2.24) is 4.90 Å². The molecule has 1 heterocycles. The number of rotatable bonds is 3. The lowest BCUT2D eigenvalue weighted by Crippen LogP contribution is -2.62. The van der Waals surface area contributed by atoms with Crippen LogP contribution in [0.1, 0.15) is 31.1 Å². The second-order valence-electron chi connectivity index (χ2n) is 6.93. The van der Waals surface area contributed by atoms with Crippen LogP contribution in [0.15, 0.2) is 24.3 Å². The minimum absolute atomic E-state index is 0.0601. The molecule has 0 N–H and O–H groups in total. The van der Waals surface area contributed by atoms with E-state index in [1.54, 1.807) is 20.8 Å². The van der Waals surface area contributed by atoms with E-state index in [1.807, 2.05) is 6.07 Å². The van der Waals surface area contributed by atoms with E-state index in [9.17, 15) is 28.0 Å². The van der Waals surface area contributed by atoms with E-state index >= 15 is 0 Å². The van der Waals surface area contributed by atoms with E-state index in [0.29, 0.717) is 0 Å². The highest BCUT2D eigenvalue weighted by atomic mass is 19.4. The molecule has 0 radical (unpaired) electrons. The van der Waals surface area contributed by atoms with Crippen molar-refractivity contribution in [1.29, 1.82) is 5.26 Å². The van der Waals surface area contributed by atoms with Crippen molar-refractivity contribution in [3.63, 3.8) is 0 Å². The molecule has 1 aliphatic heterocycles. The Balaban J connectivity index is 2.07. The van der Waals surface area contributed by atoms with Crippen molar-refractivity contribution < 1.29 is 32.2 Å². The highest BCUT2D eigenvalue weighted by Gasteiger charge is 2.52. The van der Waals surface area contributed by atoms with Crippen molar-refractivity contribution in [2.75, 3.05) is 13.1 Å². The second kappa shape index (κ2) is 6.52. The van der Waals surface area contributed by atoms with Gasteiger partial charge in [0.25, 0.3) is 0 Å². The van der Waals surface area contributed by atoms with Crippen LogP contribution in [0, 0.1) is 16.7 Å². The molecule has 0 atom stereocenters. The van der Waals surface area contributed by atoms with Crippen molar-refractivity contribution in [2.24, 2.45) is 5.41 Å². The number of carbonyl (C=O) groups is 2. The van der Waals surface area contributed by atoms with Crippen molar-refractivity contribution in [3.8, 4) is 11.8 Å². The molecular formula is C17H17F3N2O4. The lowest BCUT2D eigenvalue weighted by molar-refractivity contribution is -0.274. The number of likely N-dealkylation sites (tertiary alicyclic amines) is 1. The third-order valence-corrected chi connectivity index (χ3v) is 3.57. The van der Waals surface area contributed by atoms with Gasteiger partial charge in [-0.3, -0.25) is 4.79 Å². The summed E-state index contributed by atoms with van der Waals surface area (Å²) >= 11 is 0. The Labute approximate surface area is 148 Å². The molecule has 1 amide bonds. The molecule has 2 rings (SSSR count). The summed E-state index contributed by atoms with van der Waals surface area (Å²) in [5.41, 5.74) is -2.09. The maximum absolute atomic E-state index is 12.6. The van der Waals surface area contributed by atoms with Crippen LogP contribution in [-0.4, -0.2) is 41.8 Å². The van der Waals surface area contributed by atoms with Crippen LogP contribution in [0.25, 0.3) is 0 Å². The van der Waals surface area contributed by atoms with Gasteiger partial charge in [-0.05, 0) is 45.0 Å². The Morgan fingerprint density at radius 3 is 2.12 bits per heavy atom. The second-order valence-corrected chi connectivity index (χ2v) is 6.93. The highest BCUT2D eigenvalue weighted by molar-refractivity contribution is 6.04. The average Bonchev–Trinajstić information content (AvgIpc) is 2.43. The van der Waals surface area contributed by atoms with E-state index in [2.05, 4.69) is 4.74 Å². The van der Waals surface area contributed by atoms with Gasteiger partial charge in [0.1, 0.15) is 11.4 Å². The zero-order valence-corrected chi connectivity index (χ0v) is 14.4. The number of halogens is 3. The van der Waals surface area contributed by atoms with Crippen LogP contribution in [0.3, 0.4) is 0 Å². The van der Waals surface area contributed by atoms with E-state index in [0.717, 1.165) is 24.3 Å². The van der Waals surface area contributed by atoms with Gasteiger partial charge in [0, 0.05) is 5.56 Å². The van der Waals surface area contributed by atoms with Crippen LogP contribution in [0.2, 0.25) is 0 Å². The number of benzene rings is 1. The molecule has 1 aromatic carbocycles. The number of nitrogens with zero attached hydrogens (tertiary/aromatic N) is 2. The number of amides is 1. The molecule has 6 nitrogen and oxygen atoms in total. The van der Waals surface area contributed by atoms with E-state index in [1.165, 1.54) is 4.90 Å². The van der Waals surface area contributed by atoms with Gasteiger partial charge in [0.05, 0.1) is 19.2 Å². The highest BCUT2D eigenvalue weighted by Crippen LogP contribution is 2.35. The number of carbonyl (C=O) groups excluding carboxylic acids is 2. The summed E-state index contributed by atoms with van der Waals surface area (Å²) in [5.74, 6) is -1.04. The van der Waals surface area contributed by atoms with Gasteiger partial charge >= 0.3 is 12.5 Å². The lowest BCUT2D eigenvalue weighted by Gasteiger charge is -2.44. The quantitative estimate of drug-likeness (QED) is 0.761. The molecule has 1 aromatic rings. The number of hydrogen-bond donors (Lipinski definition) is 0. The number of ketones is 1. The minimum atomic E-state index is -4.83. The van der Waals surface area contributed by atoms with Crippen molar-refractivity contribution in [3.05, 3.63) is 29.8 Å². The first-order valence-corrected chi connectivity index (χ1v) is 7.65. The molecule has 1 saturated heterocycles. The Kier molecular flexibility index (Phi) is 4.90. The summed E-state index contributed by atoms with van der Waals surface area (Å²) < 4.78 is 45.4. The number of nitriles is 1. The normalized spacial score (nSPS) is 16.3. The number of ether oxygens (including phenoxy) is 2. The predicted molar refractivity (Wildman–Crippen MR) is 83.3 cm³/mol. The third kappa shape index (κ3) is 4.45. The first-order valence-electron chi connectivity index (χ1n) is 7.65. The minimum Gasteiger partial charge on any atom is -0.444 e. The van der Waals surface area contributed by atoms with E-state index in [-0.39, 0.29) is 18.7 Å². The summed E-state index contributed by atoms with van der Waals surface area (Å²) in [4.78, 5) is 25.7. The Morgan fingerprint density at radius 1 is 1.15 bits per heavy atom. The van der Waals surface area contributed by atoms with Crippen molar-refractivity contribution >= 4 is 11.9 Å². The van der Waals surface area contributed by atoms with Crippen molar-refractivity contribution in [2.45, 2.75) is 32.7 Å². The lowest BCUT2D eigenvalue weighted by atomic mass is 9.75. The van der Waals surface area contributed by atoms with Gasteiger partial charge in [-0.2, -0.15) is 5.26 Å². The molecule has 0 aliphatic carbocycles. The first-order chi connectivity index (χ1) is 11.9. The standard InChI is InChI=1S/C17H17F3N2O4/c1-15(2,3)26-14(24)22-9-16(8-21,10-22)13(23)11-4-6-12(7-5-11)25-17(18,19)20/h4-7H,9-10H2,1-3H3. The topological polar surface area (TPSA) is 79.6 Å². The maximum atomic E-state index is 12.6. The fourth-order valence-electron chi connectivity index (χ4n) is 2.41. The number of hydrogen-bond acceptors (Lipinski definition) is 5. The summed E-state index contributed by atoms with van der Waals surface area (Å²) in [6.07, 6.45) is -5.47. The first kappa shape index (κ1) is 19.6. The fraction of sp³-hybridized carbons (Fsp3) is 0.471. The molecular weight excluding hydrogens is 353 g/mol. The van der Waals surface area contributed by atoms with Gasteiger partial charge in [-0.1, -0.05) is 0 Å². The average molecular weight is 370 g/mol. The summed E-state index contributed by atoms with van der Waals surface area (Å²) in [6.45, 7) is 4.80. The molecule has 0 aromatic heterocycles. The zero-order chi connectivity index (χ0) is 19.8. The fourth-order valence-corrected chi connectivity index (χ4v) is 2.41. The molecule has 0 spiro atoms. The molecule has 1 fully saturated rings. The molecule has 1 aliphatic rings. The van der Waals surface area contributed by atoms with Gasteiger partial charge < -0.3 is 14.4 Å².